The lowest BCUT2D eigenvalue weighted by Gasteiger charge is -2.33. The molecule has 1 saturated carbocycles. The zero-order chi connectivity index (χ0) is 13.7. The molecular weight excluding hydrogens is 292 g/mol. The first-order chi connectivity index (χ1) is 9.22. The van der Waals surface area contributed by atoms with Gasteiger partial charge in [-0.3, -0.25) is 4.79 Å². The van der Waals surface area contributed by atoms with Gasteiger partial charge in [-0.15, -0.1) is 23.7 Å². The van der Waals surface area contributed by atoms with E-state index < -0.39 is 0 Å². The van der Waals surface area contributed by atoms with Crippen molar-refractivity contribution in [1.82, 2.24) is 4.90 Å². The van der Waals surface area contributed by atoms with Gasteiger partial charge in [-0.1, -0.05) is 18.9 Å². The van der Waals surface area contributed by atoms with Gasteiger partial charge in [0, 0.05) is 24.5 Å². The van der Waals surface area contributed by atoms with E-state index in [0.717, 1.165) is 45.2 Å². The summed E-state index contributed by atoms with van der Waals surface area (Å²) < 4.78 is 0. The smallest absolute Gasteiger partial charge is 0.230 e. The van der Waals surface area contributed by atoms with Crippen LogP contribution in [0.25, 0.3) is 0 Å². The topological polar surface area (TPSA) is 46.3 Å². The number of carbonyl (C=O) groups is 1. The molecule has 2 rings (SSSR count). The van der Waals surface area contributed by atoms with Crippen LogP contribution in [0.5, 0.6) is 0 Å². The number of nitrogens with zero attached hydrogens (tertiary/aromatic N) is 1. The summed E-state index contributed by atoms with van der Waals surface area (Å²) in [5.74, 6) is 0.284. The summed E-state index contributed by atoms with van der Waals surface area (Å²) in [4.78, 5) is 16.1. The Morgan fingerprint density at radius 3 is 2.65 bits per heavy atom. The Labute approximate surface area is 131 Å². The fourth-order valence-corrected chi connectivity index (χ4v) is 3.69. The van der Waals surface area contributed by atoms with E-state index >= 15 is 0 Å². The highest BCUT2D eigenvalue weighted by Crippen LogP contribution is 2.38. The molecule has 2 N–H and O–H groups in total. The lowest BCUT2D eigenvalue weighted by Crippen LogP contribution is -2.47. The molecule has 0 radical (unpaired) electrons. The molecule has 114 valence electrons. The third-order valence-electron chi connectivity index (χ3n) is 4.28. The second-order valence-corrected chi connectivity index (χ2v) is 6.44. The third kappa shape index (κ3) is 3.74. The Kier molecular flexibility index (Phi) is 7.00. The van der Waals surface area contributed by atoms with Crippen molar-refractivity contribution in [3.8, 4) is 0 Å². The molecule has 0 aromatic carbocycles. The van der Waals surface area contributed by atoms with E-state index in [0.29, 0.717) is 6.54 Å². The van der Waals surface area contributed by atoms with Gasteiger partial charge in [-0.2, -0.15) is 0 Å². The maximum absolute atomic E-state index is 12.7. The van der Waals surface area contributed by atoms with E-state index in [1.807, 2.05) is 4.90 Å². The minimum absolute atomic E-state index is 0. The molecule has 1 amide bonds. The maximum Gasteiger partial charge on any atom is 0.230 e. The van der Waals surface area contributed by atoms with Crippen LogP contribution < -0.4 is 5.73 Å². The SMILES string of the molecule is CCN(CCc1cccs1)C(=O)C1(CN)CCCC1.Cl. The number of carbonyl (C=O) groups excluding carboxylic acids is 1. The van der Waals surface area contributed by atoms with Gasteiger partial charge in [-0.05, 0) is 37.6 Å². The first-order valence-corrected chi connectivity index (χ1v) is 8.11. The number of halogens is 1. The molecule has 3 nitrogen and oxygen atoms in total. The highest BCUT2D eigenvalue weighted by Gasteiger charge is 2.41. The van der Waals surface area contributed by atoms with Crippen molar-refractivity contribution >= 4 is 29.7 Å². The van der Waals surface area contributed by atoms with E-state index in [-0.39, 0.29) is 23.7 Å². The molecule has 1 aromatic heterocycles. The van der Waals surface area contributed by atoms with E-state index in [4.69, 9.17) is 5.73 Å². The second-order valence-electron chi connectivity index (χ2n) is 5.41. The largest absolute Gasteiger partial charge is 0.342 e. The summed E-state index contributed by atoms with van der Waals surface area (Å²) >= 11 is 1.76. The molecule has 0 aliphatic heterocycles. The number of likely N-dealkylation sites (N-methyl/N-ethyl adjacent to an activating group) is 1. The van der Waals surface area contributed by atoms with Gasteiger partial charge in [0.15, 0.2) is 0 Å². The molecule has 1 fully saturated rings. The molecule has 1 aromatic rings. The summed E-state index contributed by atoms with van der Waals surface area (Å²) in [5.41, 5.74) is 5.65. The minimum atomic E-state index is -0.258. The van der Waals surface area contributed by atoms with Crippen LogP contribution >= 0.6 is 23.7 Å². The van der Waals surface area contributed by atoms with Crippen LogP contribution in [0.1, 0.15) is 37.5 Å². The minimum Gasteiger partial charge on any atom is -0.342 e. The maximum atomic E-state index is 12.7. The average Bonchev–Trinajstić information content (AvgIpc) is 3.11. The lowest BCUT2D eigenvalue weighted by atomic mass is 9.84. The Balaban J connectivity index is 0.00000200. The van der Waals surface area contributed by atoms with Gasteiger partial charge in [0.1, 0.15) is 0 Å². The Morgan fingerprint density at radius 2 is 2.15 bits per heavy atom. The Hall–Kier alpha value is -0.580. The van der Waals surface area contributed by atoms with Gasteiger partial charge >= 0.3 is 0 Å². The Bertz CT molecular complexity index is 402. The monoisotopic (exact) mass is 316 g/mol. The molecule has 20 heavy (non-hydrogen) atoms. The van der Waals surface area contributed by atoms with E-state index in [2.05, 4.69) is 24.4 Å². The summed E-state index contributed by atoms with van der Waals surface area (Å²) in [5, 5.41) is 2.09. The second kappa shape index (κ2) is 8.01. The number of thiophene rings is 1. The molecule has 1 heterocycles. The average molecular weight is 317 g/mol. The molecule has 0 bridgehead atoms. The van der Waals surface area contributed by atoms with Gasteiger partial charge in [0.25, 0.3) is 0 Å². The van der Waals surface area contributed by atoms with Crippen molar-refractivity contribution in [2.45, 2.75) is 39.0 Å². The molecule has 0 spiro atoms. The van der Waals surface area contributed by atoms with Crippen molar-refractivity contribution in [1.29, 1.82) is 0 Å². The van der Waals surface area contributed by atoms with Crippen molar-refractivity contribution in [3.05, 3.63) is 22.4 Å². The van der Waals surface area contributed by atoms with Crippen LogP contribution in [0.2, 0.25) is 0 Å². The molecule has 5 heteroatoms. The van der Waals surface area contributed by atoms with E-state index in [9.17, 15) is 4.79 Å². The number of hydrogen-bond acceptors (Lipinski definition) is 3. The van der Waals surface area contributed by atoms with Gasteiger partial charge < -0.3 is 10.6 Å². The van der Waals surface area contributed by atoms with Crippen molar-refractivity contribution in [3.63, 3.8) is 0 Å². The summed E-state index contributed by atoms with van der Waals surface area (Å²) in [6.07, 6.45) is 5.18. The first kappa shape index (κ1) is 17.5. The van der Waals surface area contributed by atoms with Gasteiger partial charge in [0.05, 0.1) is 5.41 Å². The summed E-state index contributed by atoms with van der Waals surface area (Å²) in [6.45, 7) is 4.16. The predicted molar refractivity (Wildman–Crippen MR) is 87.5 cm³/mol. The van der Waals surface area contributed by atoms with Crippen molar-refractivity contribution in [2.24, 2.45) is 11.1 Å². The lowest BCUT2D eigenvalue weighted by molar-refractivity contribution is -0.141. The number of hydrogen-bond donors (Lipinski definition) is 1. The van der Waals surface area contributed by atoms with Gasteiger partial charge in [0.2, 0.25) is 5.91 Å². The van der Waals surface area contributed by atoms with Gasteiger partial charge in [-0.25, -0.2) is 0 Å². The zero-order valence-electron chi connectivity index (χ0n) is 12.1. The highest BCUT2D eigenvalue weighted by atomic mass is 35.5. The van der Waals surface area contributed by atoms with Crippen LogP contribution in [0.15, 0.2) is 17.5 Å². The fraction of sp³-hybridized carbons (Fsp3) is 0.667. The number of rotatable bonds is 6. The van der Waals surface area contributed by atoms with Crippen LogP contribution in [0.3, 0.4) is 0 Å². The number of amides is 1. The molecular formula is C15H25ClN2OS. The molecule has 0 atom stereocenters. The van der Waals surface area contributed by atoms with Crippen LogP contribution in [0.4, 0.5) is 0 Å². The van der Waals surface area contributed by atoms with Crippen LogP contribution in [-0.4, -0.2) is 30.4 Å². The van der Waals surface area contributed by atoms with Crippen LogP contribution in [0, 0.1) is 5.41 Å². The quantitative estimate of drug-likeness (QED) is 0.876. The molecule has 0 saturated heterocycles. The van der Waals surface area contributed by atoms with E-state index in [1.165, 1.54) is 4.88 Å². The Morgan fingerprint density at radius 1 is 1.45 bits per heavy atom. The molecule has 1 aliphatic rings. The van der Waals surface area contributed by atoms with Crippen LogP contribution in [-0.2, 0) is 11.2 Å². The first-order valence-electron chi connectivity index (χ1n) is 7.23. The van der Waals surface area contributed by atoms with Crippen molar-refractivity contribution < 1.29 is 4.79 Å². The highest BCUT2D eigenvalue weighted by molar-refractivity contribution is 7.09. The molecule has 0 unspecified atom stereocenters. The molecule has 1 aliphatic carbocycles. The summed E-state index contributed by atoms with van der Waals surface area (Å²) in [7, 11) is 0. The standard InChI is InChI=1S/C15H24N2OS.ClH/c1-2-17(10-7-13-6-5-11-19-13)14(18)15(12-16)8-3-4-9-15;/h5-6,11H,2-4,7-10,12,16H2,1H3;1H. The van der Waals surface area contributed by atoms with Crippen molar-refractivity contribution in [2.75, 3.05) is 19.6 Å². The zero-order valence-corrected chi connectivity index (χ0v) is 13.8. The number of nitrogens with two attached hydrogens (primary N) is 1. The summed E-state index contributed by atoms with van der Waals surface area (Å²) in [6, 6.07) is 4.20. The predicted octanol–water partition coefficient (Wildman–Crippen LogP) is 3.08. The third-order valence-corrected chi connectivity index (χ3v) is 5.22. The normalized spacial score (nSPS) is 16.7. The van der Waals surface area contributed by atoms with E-state index in [1.54, 1.807) is 11.3 Å². The fourth-order valence-electron chi connectivity index (χ4n) is 3.00.